The summed E-state index contributed by atoms with van der Waals surface area (Å²) in [6, 6.07) is 9.24. The van der Waals surface area contributed by atoms with Gasteiger partial charge in [-0.15, -0.1) is 0 Å². The molecule has 0 fully saturated rings. The lowest BCUT2D eigenvalue weighted by atomic mass is 10.1. The van der Waals surface area contributed by atoms with Gasteiger partial charge in [0.1, 0.15) is 5.75 Å². The fourth-order valence-corrected chi connectivity index (χ4v) is 1.54. The molecule has 1 rings (SSSR count). The summed E-state index contributed by atoms with van der Waals surface area (Å²) in [7, 11) is 0. The van der Waals surface area contributed by atoms with Gasteiger partial charge in [0.15, 0.2) is 0 Å². The quantitative estimate of drug-likeness (QED) is 0.395. The van der Waals surface area contributed by atoms with Crippen LogP contribution in [0, 0.1) is 0 Å². The van der Waals surface area contributed by atoms with Crippen molar-refractivity contribution in [2.24, 2.45) is 0 Å². The van der Waals surface area contributed by atoms with E-state index in [0.717, 1.165) is 12.8 Å². The highest BCUT2D eigenvalue weighted by Gasteiger charge is 2.03. The number of rotatable bonds is 7. The average molecular weight is 220 g/mol. The second kappa shape index (κ2) is 7.91. The molecule has 0 spiro atoms. The van der Waals surface area contributed by atoms with Crippen LogP contribution >= 0.6 is 0 Å². The number of hydrogen-bond donors (Lipinski definition) is 0. The smallest absolute Gasteiger partial charge is 0.311 e. The van der Waals surface area contributed by atoms with Crippen molar-refractivity contribution >= 4 is 5.97 Å². The summed E-state index contributed by atoms with van der Waals surface area (Å²) < 4.78 is 5.18. The number of carbonyl (C=O) groups is 1. The predicted octanol–water partition coefficient (Wildman–Crippen LogP) is 3.95. The van der Waals surface area contributed by atoms with E-state index >= 15 is 0 Å². The molecule has 0 N–H and O–H groups in total. The molecule has 0 amide bonds. The molecule has 1 aromatic carbocycles. The van der Waals surface area contributed by atoms with E-state index in [1.165, 1.54) is 19.3 Å². The maximum atomic E-state index is 11.4. The molecule has 88 valence electrons. The van der Waals surface area contributed by atoms with Gasteiger partial charge < -0.3 is 4.74 Å². The van der Waals surface area contributed by atoms with E-state index in [-0.39, 0.29) is 5.97 Å². The van der Waals surface area contributed by atoms with Crippen molar-refractivity contribution in [1.82, 2.24) is 0 Å². The molecule has 1 aromatic rings. The molecule has 16 heavy (non-hydrogen) atoms. The van der Waals surface area contributed by atoms with E-state index < -0.39 is 0 Å². The standard InChI is InChI=1S/C14H20O2/c1-2-3-4-5-9-12-14(15)16-13-10-7-6-8-11-13/h6-8,10-11H,2-5,9,12H2,1H3. The van der Waals surface area contributed by atoms with E-state index in [0.29, 0.717) is 12.2 Å². The Hall–Kier alpha value is -1.31. The van der Waals surface area contributed by atoms with Crippen LogP contribution in [0.2, 0.25) is 0 Å². The third-order valence-electron chi connectivity index (χ3n) is 2.46. The molecule has 0 heterocycles. The zero-order valence-electron chi connectivity index (χ0n) is 9.95. The Morgan fingerprint density at radius 3 is 2.44 bits per heavy atom. The van der Waals surface area contributed by atoms with Gasteiger partial charge in [0.2, 0.25) is 0 Å². The fraction of sp³-hybridized carbons (Fsp3) is 0.500. The van der Waals surface area contributed by atoms with Gasteiger partial charge in [-0.2, -0.15) is 0 Å². The maximum Gasteiger partial charge on any atom is 0.311 e. The van der Waals surface area contributed by atoms with Crippen LogP contribution in [0.3, 0.4) is 0 Å². The number of esters is 1. The minimum atomic E-state index is -0.123. The van der Waals surface area contributed by atoms with Gasteiger partial charge in [-0.05, 0) is 18.6 Å². The highest BCUT2D eigenvalue weighted by Crippen LogP contribution is 2.11. The van der Waals surface area contributed by atoms with Gasteiger partial charge in [-0.1, -0.05) is 50.8 Å². The van der Waals surface area contributed by atoms with Crippen molar-refractivity contribution < 1.29 is 9.53 Å². The van der Waals surface area contributed by atoms with Crippen LogP contribution in [0.1, 0.15) is 45.4 Å². The summed E-state index contributed by atoms with van der Waals surface area (Å²) >= 11 is 0. The van der Waals surface area contributed by atoms with Crippen molar-refractivity contribution in [2.45, 2.75) is 45.4 Å². The number of carbonyl (C=O) groups excluding carboxylic acids is 1. The molecule has 0 bridgehead atoms. The monoisotopic (exact) mass is 220 g/mol. The Kier molecular flexibility index (Phi) is 6.31. The average Bonchev–Trinajstić information content (AvgIpc) is 2.30. The topological polar surface area (TPSA) is 26.3 Å². The van der Waals surface area contributed by atoms with Crippen molar-refractivity contribution in [3.8, 4) is 5.75 Å². The minimum Gasteiger partial charge on any atom is -0.427 e. The molecule has 0 aliphatic carbocycles. The van der Waals surface area contributed by atoms with E-state index in [1.54, 1.807) is 12.1 Å². The van der Waals surface area contributed by atoms with Crippen LogP contribution in [-0.4, -0.2) is 5.97 Å². The Morgan fingerprint density at radius 2 is 1.75 bits per heavy atom. The van der Waals surface area contributed by atoms with Crippen molar-refractivity contribution in [3.05, 3.63) is 30.3 Å². The van der Waals surface area contributed by atoms with Crippen molar-refractivity contribution in [2.75, 3.05) is 0 Å². The third-order valence-corrected chi connectivity index (χ3v) is 2.46. The lowest BCUT2D eigenvalue weighted by molar-refractivity contribution is -0.134. The molecule has 2 heteroatoms. The lowest BCUT2D eigenvalue weighted by Crippen LogP contribution is -2.07. The Bertz CT molecular complexity index is 293. The molecule has 0 unspecified atom stereocenters. The first-order valence-corrected chi connectivity index (χ1v) is 6.08. The molecule has 0 aliphatic rings. The highest BCUT2D eigenvalue weighted by molar-refractivity contribution is 5.72. The van der Waals surface area contributed by atoms with E-state index in [9.17, 15) is 4.79 Å². The Morgan fingerprint density at radius 1 is 1.06 bits per heavy atom. The van der Waals surface area contributed by atoms with Gasteiger partial charge in [-0.25, -0.2) is 0 Å². The number of para-hydroxylation sites is 1. The van der Waals surface area contributed by atoms with Crippen LogP contribution in [0.15, 0.2) is 30.3 Å². The van der Waals surface area contributed by atoms with Gasteiger partial charge in [0, 0.05) is 6.42 Å². The summed E-state index contributed by atoms with van der Waals surface area (Å²) in [5.74, 6) is 0.517. The molecule has 0 aromatic heterocycles. The molecule has 0 saturated heterocycles. The molecule has 0 aliphatic heterocycles. The number of ether oxygens (including phenoxy) is 1. The first-order valence-electron chi connectivity index (χ1n) is 6.08. The first kappa shape index (κ1) is 12.8. The first-order chi connectivity index (χ1) is 7.83. The number of benzene rings is 1. The molecule has 0 saturated carbocycles. The minimum absolute atomic E-state index is 0.123. The van der Waals surface area contributed by atoms with Crippen LogP contribution in [0.5, 0.6) is 5.75 Å². The van der Waals surface area contributed by atoms with E-state index in [2.05, 4.69) is 6.92 Å². The second-order valence-corrected chi connectivity index (χ2v) is 3.95. The van der Waals surface area contributed by atoms with E-state index in [4.69, 9.17) is 4.74 Å². The predicted molar refractivity (Wildman–Crippen MR) is 65.5 cm³/mol. The van der Waals surface area contributed by atoms with Crippen molar-refractivity contribution in [3.63, 3.8) is 0 Å². The van der Waals surface area contributed by atoms with E-state index in [1.807, 2.05) is 18.2 Å². The normalized spacial score (nSPS) is 10.1. The summed E-state index contributed by atoms with van der Waals surface area (Å²) in [6.07, 6.45) is 6.29. The SMILES string of the molecule is CCCCCCCC(=O)Oc1ccccc1. The van der Waals surface area contributed by atoms with Crippen LogP contribution in [0.25, 0.3) is 0 Å². The van der Waals surface area contributed by atoms with Gasteiger partial charge in [-0.3, -0.25) is 4.79 Å². The van der Waals surface area contributed by atoms with Crippen LogP contribution < -0.4 is 4.74 Å². The maximum absolute atomic E-state index is 11.4. The summed E-state index contributed by atoms with van der Waals surface area (Å²) in [6.45, 7) is 2.18. The molecular formula is C14H20O2. The molecular weight excluding hydrogens is 200 g/mol. The molecule has 2 nitrogen and oxygen atoms in total. The summed E-state index contributed by atoms with van der Waals surface area (Å²) in [5.41, 5.74) is 0. The lowest BCUT2D eigenvalue weighted by Gasteiger charge is -2.03. The highest BCUT2D eigenvalue weighted by atomic mass is 16.5. The third kappa shape index (κ3) is 5.54. The van der Waals surface area contributed by atoms with Gasteiger partial charge in [0.05, 0.1) is 0 Å². The Balaban J connectivity index is 2.12. The second-order valence-electron chi connectivity index (χ2n) is 3.95. The largest absolute Gasteiger partial charge is 0.427 e. The van der Waals surface area contributed by atoms with Crippen LogP contribution in [-0.2, 0) is 4.79 Å². The molecule has 0 atom stereocenters. The Labute approximate surface area is 97.6 Å². The van der Waals surface area contributed by atoms with Crippen LogP contribution in [0.4, 0.5) is 0 Å². The van der Waals surface area contributed by atoms with Crippen molar-refractivity contribution in [1.29, 1.82) is 0 Å². The zero-order valence-corrected chi connectivity index (χ0v) is 9.95. The van der Waals surface area contributed by atoms with Gasteiger partial charge in [0.25, 0.3) is 0 Å². The zero-order chi connectivity index (χ0) is 11.6. The fourth-order valence-electron chi connectivity index (χ4n) is 1.54. The number of unbranched alkanes of at least 4 members (excludes halogenated alkanes) is 4. The molecule has 0 radical (unpaired) electrons. The summed E-state index contributed by atoms with van der Waals surface area (Å²) in [5, 5.41) is 0. The van der Waals surface area contributed by atoms with Gasteiger partial charge >= 0.3 is 5.97 Å². The summed E-state index contributed by atoms with van der Waals surface area (Å²) in [4.78, 5) is 11.4. The number of hydrogen-bond acceptors (Lipinski definition) is 2.